The highest BCUT2D eigenvalue weighted by Gasteiger charge is 2.19. The van der Waals surface area contributed by atoms with Crippen molar-refractivity contribution in [3.05, 3.63) is 10.6 Å². The van der Waals surface area contributed by atoms with E-state index in [4.69, 9.17) is 4.74 Å². The molecule has 0 aliphatic carbocycles. The van der Waals surface area contributed by atoms with Crippen molar-refractivity contribution in [2.24, 2.45) is 5.92 Å². The normalized spacial score (nSPS) is 12.3. The summed E-state index contributed by atoms with van der Waals surface area (Å²) in [4.78, 5) is 19.4. The predicted octanol–water partition coefficient (Wildman–Crippen LogP) is 3.50. The minimum absolute atomic E-state index is 0.318. The van der Waals surface area contributed by atoms with Gasteiger partial charge >= 0.3 is 5.97 Å². The minimum Gasteiger partial charge on any atom is -0.461 e. The highest BCUT2D eigenvalue weighted by molar-refractivity contribution is 7.15. The van der Waals surface area contributed by atoms with Gasteiger partial charge in [0.1, 0.15) is 0 Å². The molecule has 0 fully saturated rings. The Hall–Kier alpha value is -1.10. The molecule has 0 aliphatic heterocycles. The minimum atomic E-state index is -0.318. The molecule has 0 radical (unpaired) electrons. The molecule has 108 valence electrons. The van der Waals surface area contributed by atoms with E-state index in [-0.39, 0.29) is 5.97 Å². The number of rotatable bonds is 7. The Balaban J connectivity index is 2.88. The standard InChI is InChI=1S/C14H24N2O2S/c1-6-10(4)9-16(7-2)14-15-12(11(5)19-14)13(17)18-8-3/h10H,6-9H2,1-5H3. The number of thiazole rings is 1. The third kappa shape index (κ3) is 4.20. The molecule has 0 spiro atoms. The van der Waals surface area contributed by atoms with Gasteiger partial charge in [0.15, 0.2) is 10.8 Å². The van der Waals surface area contributed by atoms with Crippen LogP contribution >= 0.6 is 11.3 Å². The number of hydrogen-bond donors (Lipinski definition) is 0. The van der Waals surface area contributed by atoms with Crippen molar-refractivity contribution in [1.29, 1.82) is 0 Å². The molecule has 1 atom stereocenters. The molecular formula is C14H24N2O2S. The highest BCUT2D eigenvalue weighted by atomic mass is 32.1. The molecule has 0 aromatic carbocycles. The van der Waals surface area contributed by atoms with Crippen LogP contribution in [-0.2, 0) is 4.74 Å². The second-order valence-electron chi connectivity index (χ2n) is 4.67. The highest BCUT2D eigenvalue weighted by Crippen LogP contribution is 2.27. The van der Waals surface area contributed by atoms with Crippen LogP contribution in [0.1, 0.15) is 49.5 Å². The summed E-state index contributed by atoms with van der Waals surface area (Å²) >= 11 is 1.57. The molecule has 1 rings (SSSR count). The third-order valence-corrected chi connectivity index (χ3v) is 4.17. The SMILES string of the molecule is CCOC(=O)c1nc(N(CC)CC(C)CC)sc1C. The van der Waals surface area contributed by atoms with Crippen LogP contribution in [-0.4, -0.2) is 30.6 Å². The van der Waals surface area contributed by atoms with Crippen molar-refractivity contribution in [2.45, 2.75) is 41.0 Å². The van der Waals surface area contributed by atoms with Gasteiger partial charge in [-0.2, -0.15) is 0 Å². The van der Waals surface area contributed by atoms with Gasteiger partial charge in [0.05, 0.1) is 6.61 Å². The Labute approximate surface area is 119 Å². The van der Waals surface area contributed by atoms with Crippen molar-refractivity contribution in [3.8, 4) is 0 Å². The van der Waals surface area contributed by atoms with Crippen molar-refractivity contribution in [3.63, 3.8) is 0 Å². The number of esters is 1. The molecule has 5 heteroatoms. The first-order chi connectivity index (χ1) is 9.03. The van der Waals surface area contributed by atoms with E-state index >= 15 is 0 Å². The van der Waals surface area contributed by atoms with Crippen molar-refractivity contribution >= 4 is 22.4 Å². The quantitative estimate of drug-likeness (QED) is 0.719. The number of carbonyl (C=O) groups is 1. The van der Waals surface area contributed by atoms with Crippen molar-refractivity contribution in [2.75, 3.05) is 24.6 Å². The fraction of sp³-hybridized carbons (Fsp3) is 0.714. The van der Waals surface area contributed by atoms with Gasteiger partial charge in [-0.15, -0.1) is 11.3 Å². The second-order valence-corrected chi connectivity index (χ2v) is 5.86. The summed E-state index contributed by atoms with van der Waals surface area (Å²) in [7, 11) is 0. The molecule has 0 saturated heterocycles. The zero-order valence-corrected chi connectivity index (χ0v) is 13.3. The van der Waals surface area contributed by atoms with Gasteiger partial charge in [0.25, 0.3) is 0 Å². The average molecular weight is 284 g/mol. The van der Waals surface area contributed by atoms with Crippen LogP contribution in [0.2, 0.25) is 0 Å². The number of anilines is 1. The van der Waals surface area contributed by atoms with Crippen LogP contribution in [0.4, 0.5) is 5.13 Å². The lowest BCUT2D eigenvalue weighted by Gasteiger charge is -2.23. The zero-order chi connectivity index (χ0) is 14.4. The first kappa shape index (κ1) is 16.0. The summed E-state index contributed by atoms with van der Waals surface area (Å²) in [6, 6.07) is 0. The molecule has 0 bridgehead atoms. The van der Waals surface area contributed by atoms with Crippen LogP contribution in [0.3, 0.4) is 0 Å². The van der Waals surface area contributed by atoms with E-state index in [9.17, 15) is 4.79 Å². The fourth-order valence-electron chi connectivity index (χ4n) is 1.75. The third-order valence-electron chi connectivity index (χ3n) is 3.14. The number of aromatic nitrogens is 1. The largest absolute Gasteiger partial charge is 0.461 e. The molecule has 1 unspecified atom stereocenters. The van der Waals surface area contributed by atoms with E-state index in [0.29, 0.717) is 18.2 Å². The van der Waals surface area contributed by atoms with Crippen molar-refractivity contribution < 1.29 is 9.53 Å². The molecule has 0 aliphatic rings. The van der Waals surface area contributed by atoms with E-state index in [0.717, 1.165) is 29.5 Å². The number of nitrogens with zero attached hydrogens (tertiary/aromatic N) is 2. The monoisotopic (exact) mass is 284 g/mol. The van der Waals surface area contributed by atoms with Gasteiger partial charge in [-0.3, -0.25) is 0 Å². The number of ether oxygens (including phenoxy) is 1. The smallest absolute Gasteiger partial charge is 0.358 e. The Kier molecular flexibility index (Phi) is 6.28. The van der Waals surface area contributed by atoms with E-state index in [1.54, 1.807) is 11.3 Å². The summed E-state index contributed by atoms with van der Waals surface area (Å²) in [6.45, 7) is 12.5. The molecule has 1 aromatic rings. The van der Waals surface area contributed by atoms with Gasteiger partial charge < -0.3 is 9.64 Å². The Bertz CT molecular complexity index is 418. The summed E-state index contributed by atoms with van der Waals surface area (Å²) in [6.07, 6.45) is 1.14. The number of hydrogen-bond acceptors (Lipinski definition) is 5. The van der Waals surface area contributed by atoms with Crippen LogP contribution in [0.5, 0.6) is 0 Å². The fourth-order valence-corrected chi connectivity index (χ4v) is 2.72. The van der Waals surface area contributed by atoms with Gasteiger partial charge in [-0.25, -0.2) is 9.78 Å². The maximum atomic E-state index is 11.8. The van der Waals surface area contributed by atoms with Gasteiger partial charge in [0.2, 0.25) is 0 Å². The summed E-state index contributed by atoms with van der Waals surface area (Å²) in [5.41, 5.74) is 0.462. The molecule has 1 aromatic heterocycles. The number of carbonyl (C=O) groups excluding carboxylic acids is 1. The second kappa shape index (κ2) is 7.48. The van der Waals surface area contributed by atoms with Gasteiger partial charge in [-0.05, 0) is 26.7 Å². The topological polar surface area (TPSA) is 42.4 Å². The van der Waals surface area contributed by atoms with Crippen LogP contribution in [0.15, 0.2) is 0 Å². The summed E-state index contributed by atoms with van der Waals surface area (Å²) in [5.74, 6) is 0.303. The maximum Gasteiger partial charge on any atom is 0.358 e. The summed E-state index contributed by atoms with van der Waals surface area (Å²) in [5, 5.41) is 0.920. The van der Waals surface area contributed by atoms with Gasteiger partial charge in [0, 0.05) is 18.0 Å². The first-order valence-corrected chi connectivity index (χ1v) is 7.74. The molecule has 0 amide bonds. The van der Waals surface area contributed by atoms with Crippen LogP contribution in [0, 0.1) is 12.8 Å². The maximum absolute atomic E-state index is 11.8. The van der Waals surface area contributed by atoms with Crippen molar-refractivity contribution in [1.82, 2.24) is 4.98 Å². The van der Waals surface area contributed by atoms with E-state index in [1.807, 2.05) is 13.8 Å². The lowest BCUT2D eigenvalue weighted by molar-refractivity contribution is 0.0519. The Morgan fingerprint density at radius 3 is 2.63 bits per heavy atom. The van der Waals surface area contributed by atoms with Crippen LogP contribution in [0.25, 0.3) is 0 Å². The first-order valence-electron chi connectivity index (χ1n) is 6.92. The summed E-state index contributed by atoms with van der Waals surface area (Å²) < 4.78 is 5.02. The molecule has 0 N–H and O–H groups in total. The molecular weight excluding hydrogens is 260 g/mol. The zero-order valence-electron chi connectivity index (χ0n) is 12.5. The van der Waals surface area contributed by atoms with E-state index in [2.05, 4.69) is 30.7 Å². The molecule has 4 nitrogen and oxygen atoms in total. The lowest BCUT2D eigenvalue weighted by Crippen LogP contribution is -2.28. The van der Waals surface area contributed by atoms with Gasteiger partial charge in [-0.1, -0.05) is 20.3 Å². The predicted molar refractivity (Wildman–Crippen MR) is 80.1 cm³/mol. The Morgan fingerprint density at radius 2 is 2.11 bits per heavy atom. The Morgan fingerprint density at radius 1 is 1.42 bits per heavy atom. The molecule has 19 heavy (non-hydrogen) atoms. The number of aryl methyl sites for hydroxylation is 1. The molecule has 0 saturated carbocycles. The lowest BCUT2D eigenvalue weighted by atomic mass is 10.1. The van der Waals surface area contributed by atoms with Crippen LogP contribution < -0.4 is 4.90 Å². The average Bonchev–Trinajstić information content (AvgIpc) is 2.77. The molecule has 1 heterocycles. The van der Waals surface area contributed by atoms with E-state index < -0.39 is 0 Å². The van der Waals surface area contributed by atoms with E-state index in [1.165, 1.54) is 0 Å².